The molecule has 82 valence electrons. The third kappa shape index (κ3) is 2.16. The Hall–Kier alpha value is -1.96. The van der Waals surface area contributed by atoms with Crippen molar-refractivity contribution in [2.24, 2.45) is 7.05 Å². The number of hydrogen-bond acceptors (Lipinski definition) is 6. The van der Waals surface area contributed by atoms with Crippen LogP contribution in [0.2, 0.25) is 0 Å². The van der Waals surface area contributed by atoms with Gasteiger partial charge in [-0.05, 0) is 34.3 Å². The molecule has 7 nitrogen and oxygen atoms in total. The summed E-state index contributed by atoms with van der Waals surface area (Å²) in [5, 5.41) is 20.8. The maximum absolute atomic E-state index is 10.7. The lowest BCUT2D eigenvalue weighted by Crippen LogP contribution is -1.97. The molecule has 2 heterocycles. The van der Waals surface area contributed by atoms with Gasteiger partial charge in [0.25, 0.3) is 0 Å². The van der Waals surface area contributed by atoms with Gasteiger partial charge in [0.1, 0.15) is 5.03 Å². The normalized spacial score (nSPS) is 10.3. The number of aromatic carboxylic acids is 1. The average Bonchev–Trinajstić information content (AvgIpc) is 2.65. The summed E-state index contributed by atoms with van der Waals surface area (Å²) in [4.78, 5) is 14.8. The van der Waals surface area contributed by atoms with Crippen molar-refractivity contribution >= 4 is 17.7 Å². The predicted octanol–water partition coefficient (Wildman–Crippen LogP) is 0.454. The summed E-state index contributed by atoms with van der Waals surface area (Å²) in [6.07, 6.45) is 1.44. The molecular formula is C8H7N5O2S. The topological polar surface area (TPSA) is 93.8 Å². The molecule has 0 aliphatic carbocycles. The summed E-state index contributed by atoms with van der Waals surface area (Å²) < 4.78 is 1.49. The molecule has 16 heavy (non-hydrogen) atoms. The van der Waals surface area contributed by atoms with Crippen LogP contribution in [0.15, 0.2) is 28.5 Å². The number of pyridine rings is 1. The van der Waals surface area contributed by atoms with Crippen molar-refractivity contribution in [2.75, 3.05) is 0 Å². The third-order valence-electron chi connectivity index (χ3n) is 1.76. The van der Waals surface area contributed by atoms with Gasteiger partial charge in [-0.15, -0.1) is 5.10 Å². The number of carbonyl (C=O) groups is 1. The van der Waals surface area contributed by atoms with E-state index in [2.05, 4.69) is 20.5 Å². The molecule has 0 fully saturated rings. The Balaban J connectivity index is 2.25. The fraction of sp³-hybridized carbons (Fsp3) is 0.125. The Kier molecular flexibility index (Phi) is 2.82. The average molecular weight is 237 g/mol. The second kappa shape index (κ2) is 4.27. The minimum atomic E-state index is -0.986. The Morgan fingerprint density at radius 1 is 1.56 bits per heavy atom. The van der Waals surface area contributed by atoms with E-state index in [0.717, 1.165) is 0 Å². The predicted molar refractivity (Wildman–Crippen MR) is 54.1 cm³/mol. The lowest BCUT2D eigenvalue weighted by molar-refractivity contribution is 0.0696. The van der Waals surface area contributed by atoms with Crippen LogP contribution < -0.4 is 0 Å². The third-order valence-corrected chi connectivity index (χ3v) is 2.72. The maximum Gasteiger partial charge on any atom is 0.335 e. The van der Waals surface area contributed by atoms with Gasteiger partial charge in [-0.25, -0.2) is 14.5 Å². The highest BCUT2D eigenvalue weighted by molar-refractivity contribution is 7.99. The van der Waals surface area contributed by atoms with Gasteiger partial charge in [-0.2, -0.15) is 0 Å². The van der Waals surface area contributed by atoms with E-state index in [0.29, 0.717) is 10.2 Å². The van der Waals surface area contributed by atoms with Crippen LogP contribution in [0.1, 0.15) is 10.4 Å². The zero-order valence-corrected chi connectivity index (χ0v) is 9.05. The Morgan fingerprint density at radius 3 is 3.00 bits per heavy atom. The standard InChI is InChI=1S/C8H7N5O2S/c1-13-8(10-11-12-13)16-6-4-5(7(14)15)2-3-9-6/h2-4H,1H3,(H,14,15). The molecule has 0 saturated carbocycles. The number of aryl methyl sites for hydroxylation is 1. The minimum absolute atomic E-state index is 0.188. The van der Waals surface area contributed by atoms with Crippen molar-refractivity contribution in [3.63, 3.8) is 0 Å². The zero-order chi connectivity index (χ0) is 11.5. The van der Waals surface area contributed by atoms with Crippen LogP contribution in [-0.2, 0) is 7.05 Å². The van der Waals surface area contributed by atoms with Crippen molar-refractivity contribution < 1.29 is 9.90 Å². The van der Waals surface area contributed by atoms with Gasteiger partial charge < -0.3 is 5.11 Å². The Bertz CT molecular complexity index is 527. The molecule has 0 spiro atoms. The van der Waals surface area contributed by atoms with Crippen LogP contribution in [-0.4, -0.2) is 36.3 Å². The van der Waals surface area contributed by atoms with E-state index < -0.39 is 5.97 Å². The fourth-order valence-electron chi connectivity index (χ4n) is 1.000. The first-order chi connectivity index (χ1) is 7.66. The second-order valence-corrected chi connectivity index (χ2v) is 3.86. The summed E-state index contributed by atoms with van der Waals surface area (Å²) in [5.41, 5.74) is 0.188. The second-order valence-electron chi connectivity index (χ2n) is 2.88. The lowest BCUT2D eigenvalue weighted by atomic mass is 10.3. The van der Waals surface area contributed by atoms with Crippen molar-refractivity contribution in [2.45, 2.75) is 10.2 Å². The molecule has 0 unspecified atom stereocenters. The smallest absolute Gasteiger partial charge is 0.335 e. The molecule has 1 N–H and O–H groups in total. The van der Waals surface area contributed by atoms with Gasteiger partial charge in [0.05, 0.1) is 5.56 Å². The van der Waals surface area contributed by atoms with Gasteiger partial charge in [-0.1, -0.05) is 0 Å². The SMILES string of the molecule is Cn1nnnc1Sc1cc(C(=O)O)ccn1. The van der Waals surface area contributed by atoms with Crippen LogP contribution >= 0.6 is 11.8 Å². The minimum Gasteiger partial charge on any atom is -0.478 e. The van der Waals surface area contributed by atoms with Crippen LogP contribution in [0, 0.1) is 0 Å². The molecule has 0 aromatic carbocycles. The highest BCUT2D eigenvalue weighted by Crippen LogP contribution is 2.22. The number of aromatic nitrogens is 5. The molecule has 0 bridgehead atoms. The van der Waals surface area contributed by atoms with E-state index >= 15 is 0 Å². The van der Waals surface area contributed by atoms with E-state index in [-0.39, 0.29) is 5.56 Å². The van der Waals surface area contributed by atoms with Crippen molar-refractivity contribution in [3.05, 3.63) is 23.9 Å². The van der Waals surface area contributed by atoms with Crippen LogP contribution in [0.4, 0.5) is 0 Å². The number of carboxylic acids is 1. The number of tetrazole rings is 1. The number of rotatable bonds is 3. The number of carboxylic acid groups (broad SMARTS) is 1. The number of nitrogens with zero attached hydrogens (tertiary/aromatic N) is 5. The van der Waals surface area contributed by atoms with Crippen LogP contribution in [0.5, 0.6) is 0 Å². The molecule has 0 aliphatic rings. The van der Waals surface area contributed by atoms with Gasteiger partial charge in [0.15, 0.2) is 0 Å². The van der Waals surface area contributed by atoms with E-state index in [9.17, 15) is 4.79 Å². The van der Waals surface area contributed by atoms with Crippen LogP contribution in [0.25, 0.3) is 0 Å². The first-order valence-corrected chi connectivity index (χ1v) is 5.08. The zero-order valence-electron chi connectivity index (χ0n) is 8.23. The van der Waals surface area contributed by atoms with Gasteiger partial charge in [-0.3, -0.25) is 0 Å². The van der Waals surface area contributed by atoms with Crippen molar-refractivity contribution in [1.29, 1.82) is 0 Å². The monoisotopic (exact) mass is 237 g/mol. The maximum atomic E-state index is 10.7. The lowest BCUT2D eigenvalue weighted by Gasteiger charge is -1.99. The van der Waals surface area contributed by atoms with Crippen LogP contribution in [0.3, 0.4) is 0 Å². The van der Waals surface area contributed by atoms with E-state index in [1.807, 2.05) is 0 Å². The summed E-state index contributed by atoms with van der Waals surface area (Å²) in [7, 11) is 1.70. The van der Waals surface area contributed by atoms with Crippen molar-refractivity contribution in [1.82, 2.24) is 25.2 Å². The summed E-state index contributed by atoms with van der Waals surface area (Å²) in [6, 6.07) is 2.91. The van der Waals surface area contributed by atoms with Crippen molar-refractivity contribution in [3.8, 4) is 0 Å². The molecule has 8 heteroatoms. The molecule has 2 aromatic heterocycles. The largest absolute Gasteiger partial charge is 0.478 e. The molecule has 0 radical (unpaired) electrons. The first-order valence-electron chi connectivity index (χ1n) is 4.26. The Labute approximate surface area is 94.5 Å². The Morgan fingerprint density at radius 2 is 2.38 bits per heavy atom. The quantitative estimate of drug-likeness (QED) is 0.828. The molecular weight excluding hydrogens is 230 g/mol. The van der Waals surface area contributed by atoms with Gasteiger partial charge in [0, 0.05) is 13.2 Å². The molecule has 2 rings (SSSR count). The fourth-order valence-corrected chi connectivity index (χ4v) is 1.73. The van der Waals surface area contributed by atoms with E-state index in [1.54, 1.807) is 7.05 Å². The van der Waals surface area contributed by atoms with Gasteiger partial charge in [0.2, 0.25) is 5.16 Å². The summed E-state index contributed by atoms with van der Waals surface area (Å²) in [5.74, 6) is -0.986. The molecule has 0 amide bonds. The molecule has 0 saturated heterocycles. The molecule has 0 atom stereocenters. The van der Waals surface area contributed by atoms with E-state index in [4.69, 9.17) is 5.11 Å². The molecule has 2 aromatic rings. The summed E-state index contributed by atoms with van der Waals surface area (Å²) in [6.45, 7) is 0. The van der Waals surface area contributed by atoms with E-state index in [1.165, 1.54) is 34.8 Å². The van der Waals surface area contributed by atoms with Gasteiger partial charge >= 0.3 is 5.97 Å². The summed E-state index contributed by atoms with van der Waals surface area (Å²) >= 11 is 1.20. The highest BCUT2D eigenvalue weighted by Gasteiger charge is 2.08. The first kappa shape index (κ1) is 10.6. The highest BCUT2D eigenvalue weighted by atomic mass is 32.2. The number of hydrogen-bond donors (Lipinski definition) is 1. The molecule has 0 aliphatic heterocycles.